The van der Waals surface area contributed by atoms with E-state index in [1.807, 2.05) is 23.7 Å². The lowest BCUT2D eigenvalue weighted by molar-refractivity contribution is 0.700. The lowest BCUT2D eigenvalue weighted by atomic mass is 10.0. The number of nitrogens with zero attached hydrogens (tertiary/aromatic N) is 1. The summed E-state index contributed by atoms with van der Waals surface area (Å²) in [5.74, 6) is 0. The molecule has 3 heteroatoms. The molecule has 0 fully saturated rings. The van der Waals surface area contributed by atoms with Crippen LogP contribution in [0.3, 0.4) is 0 Å². The van der Waals surface area contributed by atoms with Crippen molar-refractivity contribution in [1.82, 2.24) is 4.57 Å². The van der Waals surface area contributed by atoms with Crippen LogP contribution in [0.4, 0.5) is 0 Å². The molecule has 0 aliphatic rings. The molecule has 0 amide bonds. The summed E-state index contributed by atoms with van der Waals surface area (Å²) in [5, 5.41) is 1.95. The number of nitrogens with two attached hydrogens (primary N) is 1. The van der Waals surface area contributed by atoms with E-state index in [1.165, 1.54) is 10.9 Å². The quantitative estimate of drug-likeness (QED) is 0.831. The van der Waals surface area contributed by atoms with E-state index < -0.39 is 0 Å². The lowest BCUT2D eigenvalue weighted by Gasteiger charge is -2.06. The molecule has 0 saturated carbocycles. The van der Waals surface area contributed by atoms with Gasteiger partial charge in [-0.25, -0.2) is 0 Å². The molecule has 1 atom stereocenters. The molecule has 0 bridgehead atoms. The van der Waals surface area contributed by atoms with Crippen molar-refractivity contribution >= 4 is 22.5 Å². The summed E-state index contributed by atoms with van der Waals surface area (Å²) in [6.45, 7) is 2.09. The van der Waals surface area contributed by atoms with Crippen molar-refractivity contribution in [1.29, 1.82) is 0 Å². The number of aromatic nitrogens is 1. The van der Waals surface area contributed by atoms with Crippen LogP contribution in [0, 0.1) is 0 Å². The van der Waals surface area contributed by atoms with Gasteiger partial charge in [0.25, 0.3) is 0 Å². The van der Waals surface area contributed by atoms with Crippen LogP contribution in [0.25, 0.3) is 10.9 Å². The maximum atomic E-state index is 6.16. The summed E-state index contributed by atoms with van der Waals surface area (Å²) < 4.78 is 2.04. The number of fused-ring (bicyclic) bond motifs is 1. The minimum Gasteiger partial charge on any atom is -0.349 e. The summed E-state index contributed by atoms with van der Waals surface area (Å²) in [7, 11) is 2.00. The number of hydrogen-bond donors (Lipinski definition) is 1. The minimum atomic E-state index is 0.0900. The van der Waals surface area contributed by atoms with Gasteiger partial charge < -0.3 is 10.3 Å². The van der Waals surface area contributed by atoms with E-state index in [-0.39, 0.29) is 6.04 Å². The predicted octanol–water partition coefficient (Wildman–Crippen LogP) is 3.24. The van der Waals surface area contributed by atoms with Gasteiger partial charge in [-0.2, -0.15) is 0 Å². The lowest BCUT2D eigenvalue weighted by Crippen LogP contribution is -2.07. The molecule has 0 aliphatic carbocycles. The topological polar surface area (TPSA) is 30.9 Å². The highest BCUT2D eigenvalue weighted by atomic mass is 35.5. The van der Waals surface area contributed by atoms with Crippen LogP contribution in [0.2, 0.25) is 5.02 Å². The van der Waals surface area contributed by atoms with E-state index in [0.717, 1.165) is 17.0 Å². The van der Waals surface area contributed by atoms with Crippen LogP contribution >= 0.6 is 11.6 Å². The molecular weight excluding hydrogens is 208 g/mol. The average molecular weight is 223 g/mol. The van der Waals surface area contributed by atoms with Crippen molar-refractivity contribution in [3.8, 4) is 0 Å². The molecule has 0 spiro atoms. The Balaban J connectivity index is 2.73. The number of aryl methyl sites for hydroxylation is 1. The highest BCUT2D eigenvalue weighted by molar-refractivity contribution is 6.35. The molecule has 80 valence electrons. The van der Waals surface area contributed by atoms with Crippen molar-refractivity contribution in [3.63, 3.8) is 0 Å². The second-order valence-corrected chi connectivity index (χ2v) is 4.25. The Kier molecular flexibility index (Phi) is 2.72. The first-order chi connectivity index (χ1) is 7.15. The maximum Gasteiger partial charge on any atom is 0.0670 e. The smallest absolute Gasteiger partial charge is 0.0670 e. The van der Waals surface area contributed by atoms with Crippen molar-refractivity contribution in [3.05, 3.63) is 35.0 Å². The number of rotatable bonds is 2. The molecule has 0 aliphatic heterocycles. The molecule has 2 nitrogen and oxygen atoms in total. The number of halogens is 1. The Morgan fingerprint density at radius 3 is 2.87 bits per heavy atom. The zero-order valence-electron chi connectivity index (χ0n) is 9.00. The number of benzene rings is 1. The zero-order chi connectivity index (χ0) is 11.0. The van der Waals surface area contributed by atoms with Gasteiger partial charge in [0.1, 0.15) is 0 Å². The van der Waals surface area contributed by atoms with Gasteiger partial charge in [0.15, 0.2) is 0 Å². The Hall–Kier alpha value is -0.990. The highest BCUT2D eigenvalue weighted by Crippen LogP contribution is 2.30. The molecule has 1 aromatic heterocycles. The second kappa shape index (κ2) is 3.87. The van der Waals surface area contributed by atoms with Gasteiger partial charge in [0.2, 0.25) is 0 Å². The van der Waals surface area contributed by atoms with Gasteiger partial charge in [0.05, 0.1) is 10.5 Å². The second-order valence-electron chi connectivity index (χ2n) is 3.85. The Labute approximate surface area is 94.6 Å². The summed E-state index contributed by atoms with van der Waals surface area (Å²) in [6.07, 6.45) is 3.01. The molecule has 15 heavy (non-hydrogen) atoms. The van der Waals surface area contributed by atoms with Crippen molar-refractivity contribution in [2.75, 3.05) is 0 Å². The van der Waals surface area contributed by atoms with Gasteiger partial charge in [-0.1, -0.05) is 30.7 Å². The van der Waals surface area contributed by atoms with E-state index in [0.29, 0.717) is 0 Å². The largest absolute Gasteiger partial charge is 0.349 e. The van der Waals surface area contributed by atoms with Crippen LogP contribution < -0.4 is 5.73 Å². The zero-order valence-corrected chi connectivity index (χ0v) is 9.75. The molecule has 1 heterocycles. The van der Waals surface area contributed by atoms with Crippen LogP contribution in [-0.4, -0.2) is 4.57 Å². The van der Waals surface area contributed by atoms with Gasteiger partial charge in [-0.15, -0.1) is 0 Å². The van der Waals surface area contributed by atoms with Gasteiger partial charge in [-0.05, 0) is 18.1 Å². The highest BCUT2D eigenvalue weighted by Gasteiger charge is 2.13. The molecule has 2 rings (SSSR count). The molecule has 1 aromatic carbocycles. The summed E-state index contributed by atoms with van der Waals surface area (Å²) >= 11 is 6.16. The van der Waals surface area contributed by atoms with Crippen LogP contribution in [-0.2, 0) is 7.05 Å². The third kappa shape index (κ3) is 1.64. The Morgan fingerprint density at radius 2 is 2.20 bits per heavy atom. The van der Waals surface area contributed by atoms with E-state index >= 15 is 0 Å². The first-order valence-corrected chi connectivity index (χ1v) is 5.52. The molecule has 2 N–H and O–H groups in total. The third-order valence-electron chi connectivity index (χ3n) is 2.82. The third-order valence-corrected chi connectivity index (χ3v) is 3.13. The molecule has 2 aromatic rings. The monoisotopic (exact) mass is 222 g/mol. The first-order valence-electron chi connectivity index (χ1n) is 5.14. The van der Waals surface area contributed by atoms with Crippen LogP contribution in [0.1, 0.15) is 24.9 Å². The summed E-state index contributed by atoms with van der Waals surface area (Å²) in [5.41, 5.74) is 8.31. The predicted molar refractivity (Wildman–Crippen MR) is 65.1 cm³/mol. The molecular formula is C12H15ClN2. The maximum absolute atomic E-state index is 6.16. The van der Waals surface area contributed by atoms with Gasteiger partial charge in [0, 0.05) is 24.7 Å². The normalized spacial score (nSPS) is 13.3. The van der Waals surface area contributed by atoms with Crippen LogP contribution in [0.5, 0.6) is 0 Å². The number of hydrogen-bond acceptors (Lipinski definition) is 1. The fourth-order valence-electron chi connectivity index (χ4n) is 1.96. The Bertz CT molecular complexity index is 488. The molecule has 0 radical (unpaired) electrons. The number of para-hydroxylation sites is 1. The average Bonchev–Trinajstić information content (AvgIpc) is 2.56. The van der Waals surface area contributed by atoms with Gasteiger partial charge in [-0.3, -0.25) is 0 Å². The first kappa shape index (κ1) is 10.5. The van der Waals surface area contributed by atoms with Crippen LogP contribution in [0.15, 0.2) is 24.4 Å². The fraction of sp³-hybridized carbons (Fsp3) is 0.333. The van der Waals surface area contributed by atoms with Crippen molar-refractivity contribution in [2.24, 2.45) is 12.8 Å². The minimum absolute atomic E-state index is 0.0900. The van der Waals surface area contributed by atoms with Crippen molar-refractivity contribution < 1.29 is 0 Å². The van der Waals surface area contributed by atoms with E-state index in [1.54, 1.807) is 0 Å². The van der Waals surface area contributed by atoms with E-state index in [4.69, 9.17) is 17.3 Å². The molecule has 1 unspecified atom stereocenters. The molecule has 0 saturated heterocycles. The SMILES string of the molecule is CCC(N)c1cn(C)c2c(Cl)cccc12. The fourth-order valence-corrected chi connectivity index (χ4v) is 2.27. The summed E-state index contributed by atoms with van der Waals surface area (Å²) in [6, 6.07) is 6.04. The van der Waals surface area contributed by atoms with Crippen molar-refractivity contribution in [2.45, 2.75) is 19.4 Å². The van der Waals surface area contributed by atoms with Gasteiger partial charge >= 0.3 is 0 Å². The van der Waals surface area contributed by atoms with E-state index in [9.17, 15) is 0 Å². The summed E-state index contributed by atoms with van der Waals surface area (Å²) in [4.78, 5) is 0. The van der Waals surface area contributed by atoms with E-state index in [2.05, 4.69) is 19.2 Å². The standard InChI is InChI=1S/C12H15ClN2/c1-3-11(14)9-7-15(2)12-8(9)5-4-6-10(12)13/h4-7,11H,3,14H2,1-2H3. The Morgan fingerprint density at radius 1 is 1.47 bits per heavy atom.